The van der Waals surface area contributed by atoms with Gasteiger partial charge in [0.1, 0.15) is 5.82 Å². The van der Waals surface area contributed by atoms with E-state index in [1.165, 1.54) is 69.9 Å². The first-order valence-corrected chi connectivity index (χ1v) is 12.0. The first kappa shape index (κ1) is 21.4. The third-order valence-electron chi connectivity index (χ3n) is 6.22. The van der Waals surface area contributed by atoms with Gasteiger partial charge in [-0.15, -0.1) is 0 Å². The van der Waals surface area contributed by atoms with E-state index in [9.17, 15) is 9.18 Å². The van der Waals surface area contributed by atoms with Crippen molar-refractivity contribution >= 4 is 23.7 Å². The van der Waals surface area contributed by atoms with Crippen molar-refractivity contribution in [1.82, 2.24) is 4.90 Å². The standard InChI is InChI=1S/C24H34FNOS/c1-2-26(24(27)17-12-19-10-13-21(25)14-11-19)18-22-15-16-23(28-22)20-8-6-4-3-5-7-9-20/h10-14,17,20,22-23H,2-9,15-16,18H2,1H3/b17-12+. The van der Waals surface area contributed by atoms with Crippen molar-refractivity contribution in [2.75, 3.05) is 13.1 Å². The molecule has 4 heteroatoms. The Labute approximate surface area is 174 Å². The fourth-order valence-electron chi connectivity index (χ4n) is 4.54. The Kier molecular flexibility index (Phi) is 8.44. The third-order valence-corrected chi connectivity index (χ3v) is 7.96. The highest BCUT2D eigenvalue weighted by molar-refractivity contribution is 8.00. The number of hydrogen-bond donors (Lipinski definition) is 0. The second kappa shape index (κ2) is 11.0. The van der Waals surface area contributed by atoms with Gasteiger partial charge in [-0.1, -0.05) is 44.2 Å². The van der Waals surface area contributed by atoms with Gasteiger partial charge < -0.3 is 4.90 Å². The van der Waals surface area contributed by atoms with Crippen LogP contribution in [0, 0.1) is 11.7 Å². The molecular weight excluding hydrogens is 369 g/mol. The molecule has 154 valence electrons. The number of nitrogens with zero attached hydrogens (tertiary/aromatic N) is 1. The average Bonchev–Trinajstić information content (AvgIpc) is 3.13. The van der Waals surface area contributed by atoms with Gasteiger partial charge in [0.15, 0.2) is 0 Å². The Morgan fingerprint density at radius 1 is 1.07 bits per heavy atom. The molecular formula is C24H34FNOS. The highest BCUT2D eigenvalue weighted by atomic mass is 32.2. The smallest absolute Gasteiger partial charge is 0.246 e. The molecule has 0 bridgehead atoms. The molecule has 0 radical (unpaired) electrons. The first-order chi connectivity index (χ1) is 13.7. The molecule has 1 amide bonds. The summed E-state index contributed by atoms with van der Waals surface area (Å²) in [5.41, 5.74) is 0.852. The van der Waals surface area contributed by atoms with E-state index in [0.717, 1.165) is 29.8 Å². The molecule has 1 aliphatic carbocycles. The lowest BCUT2D eigenvalue weighted by molar-refractivity contribution is -0.125. The van der Waals surface area contributed by atoms with Gasteiger partial charge in [0.2, 0.25) is 5.91 Å². The zero-order valence-electron chi connectivity index (χ0n) is 17.1. The summed E-state index contributed by atoms with van der Waals surface area (Å²) in [5.74, 6) is 0.692. The van der Waals surface area contributed by atoms with E-state index in [-0.39, 0.29) is 11.7 Å². The normalized spacial score (nSPS) is 24.2. The molecule has 0 N–H and O–H groups in total. The van der Waals surface area contributed by atoms with Gasteiger partial charge in [0, 0.05) is 29.7 Å². The van der Waals surface area contributed by atoms with Crippen LogP contribution in [0.15, 0.2) is 30.3 Å². The van der Waals surface area contributed by atoms with Crippen LogP contribution in [0.3, 0.4) is 0 Å². The molecule has 1 saturated heterocycles. The highest BCUT2D eigenvalue weighted by Crippen LogP contribution is 2.42. The summed E-state index contributed by atoms with van der Waals surface area (Å²) < 4.78 is 13.0. The largest absolute Gasteiger partial charge is 0.338 e. The summed E-state index contributed by atoms with van der Waals surface area (Å²) in [4.78, 5) is 14.6. The molecule has 2 nitrogen and oxygen atoms in total. The molecule has 1 aromatic rings. The van der Waals surface area contributed by atoms with E-state index in [4.69, 9.17) is 0 Å². The predicted octanol–water partition coefficient (Wildman–Crippen LogP) is 6.31. The maximum Gasteiger partial charge on any atom is 0.246 e. The van der Waals surface area contributed by atoms with Crippen molar-refractivity contribution in [1.29, 1.82) is 0 Å². The molecule has 2 fully saturated rings. The summed E-state index contributed by atoms with van der Waals surface area (Å²) in [5, 5.41) is 1.37. The fraction of sp³-hybridized carbons (Fsp3) is 0.625. The third kappa shape index (κ3) is 6.37. The second-order valence-electron chi connectivity index (χ2n) is 8.24. The quantitative estimate of drug-likeness (QED) is 0.519. The van der Waals surface area contributed by atoms with E-state index in [0.29, 0.717) is 5.25 Å². The summed E-state index contributed by atoms with van der Waals surface area (Å²) in [6.07, 6.45) is 15.8. The summed E-state index contributed by atoms with van der Waals surface area (Å²) in [6, 6.07) is 6.24. The average molecular weight is 404 g/mol. The van der Waals surface area contributed by atoms with Gasteiger partial charge in [0.25, 0.3) is 0 Å². The number of carbonyl (C=O) groups excluding carboxylic acids is 1. The van der Waals surface area contributed by atoms with Crippen LogP contribution in [0.25, 0.3) is 6.08 Å². The summed E-state index contributed by atoms with van der Waals surface area (Å²) in [7, 11) is 0. The number of halogens is 1. The number of hydrogen-bond acceptors (Lipinski definition) is 2. The van der Waals surface area contributed by atoms with Gasteiger partial charge in [-0.05, 0) is 62.3 Å². The van der Waals surface area contributed by atoms with Crippen LogP contribution < -0.4 is 0 Å². The van der Waals surface area contributed by atoms with Crippen molar-refractivity contribution in [3.63, 3.8) is 0 Å². The molecule has 28 heavy (non-hydrogen) atoms. The van der Waals surface area contributed by atoms with Crippen molar-refractivity contribution in [3.8, 4) is 0 Å². The number of rotatable bonds is 6. The molecule has 0 aromatic heterocycles. The minimum absolute atomic E-state index is 0.0572. The lowest BCUT2D eigenvalue weighted by atomic mass is 9.87. The molecule has 2 unspecified atom stereocenters. The lowest BCUT2D eigenvalue weighted by Gasteiger charge is -2.26. The molecule has 3 rings (SSSR count). The maximum absolute atomic E-state index is 13.0. The van der Waals surface area contributed by atoms with Crippen LogP contribution in [0.1, 0.15) is 70.3 Å². The molecule has 1 aliphatic heterocycles. The van der Waals surface area contributed by atoms with E-state index in [1.807, 2.05) is 4.90 Å². The molecule has 2 atom stereocenters. The zero-order chi connectivity index (χ0) is 19.8. The summed E-state index contributed by atoms with van der Waals surface area (Å²) >= 11 is 2.15. The van der Waals surface area contributed by atoms with Gasteiger partial charge >= 0.3 is 0 Å². The first-order valence-electron chi connectivity index (χ1n) is 11.0. The Bertz CT molecular complexity index is 637. The number of benzene rings is 1. The van der Waals surface area contributed by atoms with Crippen LogP contribution in [0.4, 0.5) is 4.39 Å². The molecule has 1 saturated carbocycles. The predicted molar refractivity (Wildman–Crippen MR) is 118 cm³/mol. The Balaban J connectivity index is 1.50. The molecule has 2 aliphatic rings. The maximum atomic E-state index is 13.0. The van der Waals surface area contributed by atoms with E-state index in [1.54, 1.807) is 24.3 Å². The van der Waals surface area contributed by atoms with E-state index >= 15 is 0 Å². The summed E-state index contributed by atoms with van der Waals surface area (Å²) in [6.45, 7) is 3.63. The fourth-order valence-corrected chi connectivity index (χ4v) is 6.34. The van der Waals surface area contributed by atoms with Gasteiger partial charge in [-0.25, -0.2) is 4.39 Å². The Hall–Kier alpha value is -1.29. The number of likely N-dealkylation sites (N-methyl/N-ethyl adjacent to an activating group) is 1. The Morgan fingerprint density at radius 2 is 1.75 bits per heavy atom. The Morgan fingerprint density at radius 3 is 2.43 bits per heavy atom. The van der Waals surface area contributed by atoms with Crippen LogP contribution in [-0.4, -0.2) is 34.4 Å². The van der Waals surface area contributed by atoms with Crippen molar-refractivity contribution in [3.05, 3.63) is 41.7 Å². The number of carbonyl (C=O) groups is 1. The molecule has 0 spiro atoms. The lowest BCUT2D eigenvalue weighted by Crippen LogP contribution is -2.34. The minimum atomic E-state index is -0.254. The van der Waals surface area contributed by atoms with E-state index in [2.05, 4.69) is 18.7 Å². The molecule has 1 aromatic carbocycles. The highest BCUT2D eigenvalue weighted by Gasteiger charge is 2.32. The second-order valence-corrected chi connectivity index (χ2v) is 9.79. The number of amides is 1. The minimum Gasteiger partial charge on any atom is -0.338 e. The van der Waals surface area contributed by atoms with Gasteiger partial charge in [-0.3, -0.25) is 4.79 Å². The van der Waals surface area contributed by atoms with Gasteiger partial charge in [0.05, 0.1) is 0 Å². The topological polar surface area (TPSA) is 20.3 Å². The van der Waals surface area contributed by atoms with Crippen LogP contribution in [0.5, 0.6) is 0 Å². The van der Waals surface area contributed by atoms with Crippen molar-refractivity contribution < 1.29 is 9.18 Å². The number of thioether (sulfide) groups is 1. The zero-order valence-corrected chi connectivity index (χ0v) is 17.9. The van der Waals surface area contributed by atoms with Gasteiger partial charge in [-0.2, -0.15) is 11.8 Å². The monoisotopic (exact) mass is 403 g/mol. The van der Waals surface area contributed by atoms with Crippen LogP contribution in [0.2, 0.25) is 0 Å². The van der Waals surface area contributed by atoms with Crippen LogP contribution >= 0.6 is 11.8 Å². The van der Waals surface area contributed by atoms with Crippen molar-refractivity contribution in [2.24, 2.45) is 5.92 Å². The SMILES string of the molecule is CCN(CC1CCC(C2CCCCCCC2)S1)C(=O)/C=C/c1ccc(F)cc1. The van der Waals surface area contributed by atoms with Crippen molar-refractivity contribution in [2.45, 2.75) is 75.2 Å². The van der Waals surface area contributed by atoms with E-state index < -0.39 is 0 Å². The molecule has 1 heterocycles. The van der Waals surface area contributed by atoms with Crippen LogP contribution in [-0.2, 0) is 4.79 Å².